The predicted octanol–water partition coefficient (Wildman–Crippen LogP) is 5.23. The molecule has 3 nitrogen and oxygen atoms in total. The van der Waals surface area contributed by atoms with Gasteiger partial charge >= 0.3 is 0 Å². The second-order valence-corrected chi connectivity index (χ2v) is 8.35. The summed E-state index contributed by atoms with van der Waals surface area (Å²) >= 11 is 1.66. The third kappa shape index (κ3) is 6.57. The van der Waals surface area contributed by atoms with E-state index < -0.39 is 6.10 Å². The Bertz CT molecular complexity index is 699. The third-order valence-electron chi connectivity index (χ3n) is 5.36. The number of Topliss-reactive ketones (excluding diaryl/α,β-unsaturated/α-hetero) is 1. The summed E-state index contributed by atoms with van der Waals surface area (Å²) in [7, 11) is 0. The van der Waals surface area contributed by atoms with Crippen molar-refractivity contribution in [3.8, 4) is 0 Å². The van der Waals surface area contributed by atoms with Crippen molar-refractivity contribution >= 4 is 17.1 Å². The minimum atomic E-state index is -0.417. The van der Waals surface area contributed by atoms with Crippen molar-refractivity contribution < 1.29 is 47.3 Å². The molecule has 3 atom stereocenters. The Labute approximate surface area is 197 Å². The van der Waals surface area contributed by atoms with E-state index in [0.717, 1.165) is 56.1 Å². The van der Waals surface area contributed by atoms with Crippen molar-refractivity contribution in [2.75, 3.05) is 6.61 Å². The minimum Gasteiger partial charge on any atom is -0.388 e. The summed E-state index contributed by atoms with van der Waals surface area (Å²) in [4.78, 5) is 13.7. The van der Waals surface area contributed by atoms with E-state index in [1.165, 1.54) is 4.88 Å². The molecule has 1 fully saturated rings. The molecule has 2 heterocycles. The van der Waals surface area contributed by atoms with Crippen LogP contribution in [-0.4, -0.2) is 23.6 Å². The molecular weight excluding hydrogens is 445 g/mol. The van der Waals surface area contributed by atoms with Gasteiger partial charge in [0, 0.05) is 32.7 Å². The van der Waals surface area contributed by atoms with Gasteiger partial charge < -0.3 is 21.2 Å². The summed E-state index contributed by atoms with van der Waals surface area (Å²) in [6.07, 6.45) is 6.58. The van der Waals surface area contributed by atoms with Gasteiger partial charge in [0.15, 0.2) is 5.78 Å². The summed E-state index contributed by atoms with van der Waals surface area (Å²) in [6, 6.07) is 12.0. The van der Waals surface area contributed by atoms with Crippen LogP contribution in [0.1, 0.15) is 73.5 Å². The number of benzene rings is 1. The van der Waals surface area contributed by atoms with Gasteiger partial charge in [-0.25, -0.2) is 6.07 Å². The number of carbonyl (C=O) groups is 1. The summed E-state index contributed by atoms with van der Waals surface area (Å²) in [6.45, 7) is 2.38. The van der Waals surface area contributed by atoms with Crippen molar-refractivity contribution in [3.05, 3.63) is 57.8 Å². The van der Waals surface area contributed by atoms with Gasteiger partial charge in [0.25, 0.3) is 0 Å². The molecule has 149 valence electrons. The molecule has 1 N–H and O–H groups in total. The van der Waals surface area contributed by atoms with E-state index >= 15 is 0 Å². The van der Waals surface area contributed by atoms with E-state index in [1.54, 1.807) is 11.3 Å². The molecule has 1 aromatic carbocycles. The zero-order chi connectivity index (χ0) is 19.1. The van der Waals surface area contributed by atoms with Gasteiger partial charge in [-0.2, -0.15) is 6.07 Å². The van der Waals surface area contributed by atoms with Gasteiger partial charge in [-0.3, -0.25) is 4.79 Å². The van der Waals surface area contributed by atoms with E-state index in [2.05, 4.69) is 18.4 Å². The molecule has 28 heavy (non-hydrogen) atoms. The fraction of sp³-hybridized carbons (Fsp3) is 0.522. The first-order valence-electron chi connectivity index (χ1n) is 10.1. The molecule has 0 spiro atoms. The monoisotopic (exact) mass is 474 g/mol. The zero-order valence-electron chi connectivity index (χ0n) is 16.6. The SMILES string of the molecule is CCCCCC(O)c1ccc(C2C(=O)COC2CCCc2cc[c-]s2)cc1.[Y]. The first kappa shape index (κ1) is 23.9. The van der Waals surface area contributed by atoms with Crippen LogP contribution in [0, 0.1) is 5.38 Å². The first-order valence-corrected chi connectivity index (χ1v) is 10.9. The number of unbranched alkanes of at least 4 members (excludes halogenated alkanes) is 2. The maximum Gasteiger partial charge on any atom is 0.168 e. The van der Waals surface area contributed by atoms with Gasteiger partial charge in [0.1, 0.15) is 6.61 Å². The fourth-order valence-electron chi connectivity index (χ4n) is 3.80. The number of aryl methyl sites for hydroxylation is 1. The molecule has 0 amide bonds. The Hall–Kier alpha value is -0.386. The number of hydrogen-bond acceptors (Lipinski definition) is 4. The second kappa shape index (κ2) is 12.3. The largest absolute Gasteiger partial charge is 0.388 e. The molecule has 1 aromatic heterocycles. The number of carbonyl (C=O) groups excluding carboxylic acids is 1. The average molecular weight is 474 g/mol. The summed E-state index contributed by atoms with van der Waals surface area (Å²) in [5.74, 6) is -0.00752. The number of aliphatic hydroxyl groups excluding tert-OH is 1. The number of hydrogen-bond donors (Lipinski definition) is 1. The Morgan fingerprint density at radius 3 is 2.68 bits per heavy atom. The van der Waals surface area contributed by atoms with E-state index in [-0.39, 0.29) is 57.1 Å². The molecule has 3 unspecified atom stereocenters. The van der Waals surface area contributed by atoms with Crippen LogP contribution in [0.15, 0.2) is 36.4 Å². The predicted molar refractivity (Wildman–Crippen MR) is 109 cm³/mol. The molecule has 0 saturated carbocycles. The summed E-state index contributed by atoms with van der Waals surface area (Å²) < 4.78 is 5.79. The minimum absolute atomic E-state index is 0. The van der Waals surface area contributed by atoms with Crippen LogP contribution in [0.25, 0.3) is 0 Å². The van der Waals surface area contributed by atoms with Crippen LogP contribution in [0.3, 0.4) is 0 Å². The van der Waals surface area contributed by atoms with E-state index in [9.17, 15) is 9.90 Å². The standard InChI is InChI=1S/C23H29O3S.Y/c1-2-3-4-9-20(24)17-11-13-18(14-12-17)23-21(25)16-26-22(23)10-5-7-19-8-6-15-27-19;/h6,8,11-14,20,22-24H,2-5,7,9-10,16H2,1H3;/q-1;. The van der Waals surface area contributed by atoms with Gasteiger partial charge in [-0.1, -0.05) is 63.3 Å². The van der Waals surface area contributed by atoms with Gasteiger partial charge in [-0.05, 0) is 24.0 Å². The molecule has 1 saturated heterocycles. The fourth-order valence-corrected chi connectivity index (χ4v) is 4.47. The number of ketones is 1. The second-order valence-electron chi connectivity index (χ2n) is 7.38. The normalized spacial score (nSPS) is 20.1. The van der Waals surface area contributed by atoms with Crippen LogP contribution in [-0.2, 0) is 48.7 Å². The van der Waals surface area contributed by atoms with E-state index in [4.69, 9.17) is 4.74 Å². The number of thiophene rings is 1. The average Bonchev–Trinajstić information content (AvgIpc) is 3.32. The maximum atomic E-state index is 12.4. The molecule has 0 aliphatic carbocycles. The number of rotatable bonds is 10. The van der Waals surface area contributed by atoms with Crippen LogP contribution in [0.4, 0.5) is 0 Å². The Morgan fingerprint density at radius 2 is 2.00 bits per heavy atom. The Kier molecular flexibility index (Phi) is 10.5. The molecule has 1 aliphatic rings. The maximum absolute atomic E-state index is 12.4. The number of aliphatic hydroxyl groups is 1. The van der Waals surface area contributed by atoms with E-state index in [0.29, 0.717) is 0 Å². The van der Waals surface area contributed by atoms with Crippen LogP contribution < -0.4 is 0 Å². The molecule has 5 heteroatoms. The third-order valence-corrected chi connectivity index (χ3v) is 6.22. The van der Waals surface area contributed by atoms with Crippen molar-refractivity contribution in [1.29, 1.82) is 0 Å². The molecule has 1 aliphatic heterocycles. The molecule has 2 aromatic rings. The zero-order valence-corrected chi connectivity index (χ0v) is 20.3. The molecule has 0 bridgehead atoms. The van der Waals surface area contributed by atoms with Gasteiger partial charge in [-0.15, -0.1) is 10.3 Å². The van der Waals surface area contributed by atoms with Crippen molar-refractivity contribution in [2.45, 2.75) is 70.0 Å². The van der Waals surface area contributed by atoms with E-state index in [1.807, 2.05) is 30.3 Å². The molecular formula is C23H29O3SY-. The Morgan fingerprint density at radius 1 is 1.21 bits per heavy atom. The topological polar surface area (TPSA) is 46.5 Å². The van der Waals surface area contributed by atoms with Crippen LogP contribution in [0.5, 0.6) is 0 Å². The van der Waals surface area contributed by atoms with Crippen molar-refractivity contribution in [3.63, 3.8) is 0 Å². The molecule has 3 rings (SSSR count). The van der Waals surface area contributed by atoms with Crippen molar-refractivity contribution in [2.24, 2.45) is 0 Å². The van der Waals surface area contributed by atoms with Crippen LogP contribution >= 0.6 is 11.3 Å². The first-order chi connectivity index (χ1) is 13.2. The van der Waals surface area contributed by atoms with Gasteiger partial charge in [0.05, 0.1) is 18.1 Å². The van der Waals surface area contributed by atoms with Crippen LogP contribution in [0.2, 0.25) is 0 Å². The summed E-state index contributed by atoms with van der Waals surface area (Å²) in [5.41, 5.74) is 1.95. The molecule has 1 radical (unpaired) electrons. The Balaban J connectivity index is 0.00000280. The number of ether oxygens (including phenoxy) is 1. The van der Waals surface area contributed by atoms with Gasteiger partial charge in [0.2, 0.25) is 0 Å². The van der Waals surface area contributed by atoms with Crippen molar-refractivity contribution in [1.82, 2.24) is 0 Å². The summed E-state index contributed by atoms with van der Waals surface area (Å²) in [5, 5.41) is 13.4. The quantitative estimate of drug-likeness (QED) is 0.379. The smallest absolute Gasteiger partial charge is 0.168 e.